The third kappa shape index (κ3) is 7.20. The number of amides is 2. The molecule has 0 aromatic heterocycles. The first-order valence-electron chi connectivity index (χ1n) is 9.99. The molecule has 0 saturated heterocycles. The van der Waals surface area contributed by atoms with E-state index in [1.807, 2.05) is 44.2 Å². The smallest absolute Gasteiger partial charge is 0.242 e. The minimum Gasteiger partial charge on any atom is -0.355 e. The van der Waals surface area contributed by atoms with Crippen LogP contribution in [-0.2, 0) is 21.8 Å². The Bertz CT molecular complexity index is 785. The summed E-state index contributed by atoms with van der Waals surface area (Å²) in [5.41, 5.74) is 1.70. The highest BCUT2D eigenvalue weighted by Gasteiger charge is 2.27. The fourth-order valence-electron chi connectivity index (χ4n) is 3.13. The number of thioether (sulfide) groups is 1. The van der Waals surface area contributed by atoms with Gasteiger partial charge in [-0.1, -0.05) is 55.5 Å². The van der Waals surface area contributed by atoms with E-state index in [1.165, 1.54) is 17.8 Å². The number of hydrogen-bond acceptors (Lipinski definition) is 3. The Labute approximate surface area is 176 Å². The highest BCUT2D eigenvalue weighted by Crippen LogP contribution is 2.17. The van der Waals surface area contributed by atoms with Crippen LogP contribution < -0.4 is 5.32 Å². The maximum Gasteiger partial charge on any atom is 0.242 e. The largest absolute Gasteiger partial charge is 0.355 e. The van der Waals surface area contributed by atoms with Crippen LogP contribution in [-0.4, -0.2) is 41.6 Å². The molecular weight excluding hydrogens is 387 g/mol. The molecule has 2 aromatic carbocycles. The lowest BCUT2D eigenvalue weighted by molar-refractivity contribution is -0.138. The van der Waals surface area contributed by atoms with Crippen molar-refractivity contribution in [2.24, 2.45) is 0 Å². The Morgan fingerprint density at radius 2 is 1.76 bits per heavy atom. The Morgan fingerprint density at radius 3 is 2.41 bits per heavy atom. The zero-order valence-electron chi connectivity index (χ0n) is 17.1. The number of nitrogens with zero attached hydrogens (tertiary/aromatic N) is 1. The Kier molecular flexibility index (Phi) is 9.71. The average molecular weight is 417 g/mol. The van der Waals surface area contributed by atoms with E-state index < -0.39 is 6.04 Å². The van der Waals surface area contributed by atoms with Crippen LogP contribution in [0.3, 0.4) is 0 Å². The van der Waals surface area contributed by atoms with Crippen molar-refractivity contribution >= 4 is 23.6 Å². The number of carbonyl (C=O) groups is 2. The van der Waals surface area contributed by atoms with E-state index in [4.69, 9.17) is 0 Å². The number of rotatable bonds is 11. The molecule has 2 rings (SSSR count). The summed E-state index contributed by atoms with van der Waals surface area (Å²) in [7, 11) is 0. The number of likely N-dealkylation sites (N-methyl/N-ethyl adjacent to an activating group) is 1. The molecule has 0 aliphatic rings. The molecule has 0 heterocycles. The van der Waals surface area contributed by atoms with Gasteiger partial charge in [0, 0.05) is 18.8 Å². The summed E-state index contributed by atoms with van der Waals surface area (Å²) in [4.78, 5) is 27.2. The maximum atomic E-state index is 13.8. The van der Waals surface area contributed by atoms with E-state index in [0.717, 1.165) is 5.56 Å². The minimum atomic E-state index is -0.500. The Hall–Kier alpha value is -2.34. The first kappa shape index (κ1) is 22.9. The fourth-order valence-corrected chi connectivity index (χ4v) is 4.03. The van der Waals surface area contributed by atoms with Crippen molar-refractivity contribution in [3.8, 4) is 0 Å². The summed E-state index contributed by atoms with van der Waals surface area (Å²) in [6.45, 7) is 4.77. The number of benzene rings is 2. The summed E-state index contributed by atoms with van der Waals surface area (Å²) in [6, 6.07) is 16.0. The highest BCUT2D eigenvalue weighted by atomic mass is 32.2. The van der Waals surface area contributed by atoms with E-state index in [0.29, 0.717) is 37.2 Å². The molecule has 156 valence electrons. The van der Waals surface area contributed by atoms with Gasteiger partial charge in [-0.15, -0.1) is 11.8 Å². The van der Waals surface area contributed by atoms with E-state index in [1.54, 1.807) is 23.1 Å². The number of hydrogen-bond donors (Lipinski definition) is 1. The standard InChI is InChI=1S/C23H29FN2O2S/c1-3-21(23(28)25-4-2)26(15-14-18-10-6-5-7-11-18)22(27)17-29-16-19-12-8-9-13-20(19)24/h5-13,21H,3-4,14-17H2,1-2H3,(H,25,28). The molecule has 0 aliphatic heterocycles. The molecule has 1 N–H and O–H groups in total. The lowest BCUT2D eigenvalue weighted by Crippen LogP contribution is -2.50. The van der Waals surface area contributed by atoms with Crippen LogP contribution in [0.15, 0.2) is 54.6 Å². The molecule has 2 amide bonds. The third-order valence-corrected chi connectivity index (χ3v) is 5.63. The summed E-state index contributed by atoms with van der Waals surface area (Å²) in [5, 5.41) is 2.83. The second-order valence-corrected chi connectivity index (χ2v) is 7.71. The van der Waals surface area contributed by atoms with E-state index >= 15 is 0 Å². The van der Waals surface area contributed by atoms with Crippen LogP contribution in [0.1, 0.15) is 31.4 Å². The van der Waals surface area contributed by atoms with Crippen molar-refractivity contribution in [2.75, 3.05) is 18.8 Å². The van der Waals surface area contributed by atoms with Gasteiger partial charge in [-0.2, -0.15) is 0 Å². The van der Waals surface area contributed by atoms with Gasteiger partial charge < -0.3 is 10.2 Å². The van der Waals surface area contributed by atoms with Gasteiger partial charge in [-0.25, -0.2) is 4.39 Å². The Balaban J connectivity index is 2.04. The monoisotopic (exact) mass is 416 g/mol. The van der Waals surface area contributed by atoms with Crippen molar-refractivity contribution in [3.63, 3.8) is 0 Å². The van der Waals surface area contributed by atoms with E-state index in [2.05, 4.69) is 5.32 Å². The maximum absolute atomic E-state index is 13.8. The van der Waals surface area contributed by atoms with Gasteiger partial charge in [0.15, 0.2) is 0 Å². The molecule has 0 saturated carbocycles. The van der Waals surface area contributed by atoms with Gasteiger partial charge >= 0.3 is 0 Å². The van der Waals surface area contributed by atoms with Gasteiger partial charge in [-0.3, -0.25) is 9.59 Å². The van der Waals surface area contributed by atoms with Gasteiger partial charge in [-0.05, 0) is 37.0 Å². The Morgan fingerprint density at radius 1 is 1.07 bits per heavy atom. The van der Waals surface area contributed by atoms with Crippen LogP contribution >= 0.6 is 11.8 Å². The van der Waals surface area contributed by atoms with Crippen LogP contribution in [0.5, 0.6) is 0 Å². The second-order valence-electron chi connectivity index (χ2n) is 6.73. The molecule has 0 radical (unpaired) electrons. The van der Waals surface area contributed by atoms with Crippen LogP contribution in [0, 0.1) is 5.82 Å². The highest BCUT2D eigenvalue weighted by molar-refractivity contribution is 7.99. The van der Waals surface area contributed by atoms with Crippen LogP contribution in [0.25, 0.3) is 0 Å². The zero-order chi connectivity index (χ0) is 21.1. The molecule has 0 aliphatic carbocycles. The third-order valence-electron chi connectivity index (χ3n) is 4.66. The first-order valence-corrected chi connectivity index (χ1v) is 11.1. The summed E-state index contributed by atoms with van der Waals surface area (Å²) < 4.78 is 13.8. The van der Waals surface area contributed by atoms with Crippen molar-refractivity contribution < 1.29 is 14.0 Å². The molecule has 6 heteroatoms. The van der Waals surface area contributed by atoms with Gasteiger partial charge in [0.25, 0.3) is 0 Å². The zero-order valence-corrected chi connectivity index (χ0v) is 17.9. The lowest BCUT2D eigenvalue weighted by atomic mass is 10.1. The topological polar surface area (TPSA) is 49.4 Å². The number of carbonyl (C=O) groups excluding carboxylic acids is 2. The van der Waals surface area contributed by atoms with Crippen LogP contribution in [0.4, 0.5) is 4.39 Å². The van der Waals surface area contributed by atoms with Gasteiger partial charge in [0.1, 0.15) is 11.9 Å². The number of halogens is 1. The molecule has 0 spiro atoms. The lowest BCUT2D eigenvalue weighted by Gasteiger charge is -2.30. The average Bonchev–Trinajstić information content (AvgIpc) is 2.73. The summed E-state index contributed by atoms with van der Waals surface area (Å²) in [6.07, 6.45) is 1.23. The van der Waals surface area contributed by atoms with Crippen molar-refractivity contribution in [2.45, 2.75) is 38.5 Å². The number of nitrogens with one attached hydrogen (secondary N) is 1. The second kappa shape index (κ2) is 12.3. The molecule has 4 nitrogen and oxygen atoms in total. The minimum absolute atomic E-state index is 0.0969. The first-order chi connectivity index (χ1) is 14.1. The molecule has 1 atom stereocenters. The quantitative estimate of drug-likeness (QED) is 0.601. The van der Waals surface area contributed by atoms with Crippen molar-refractivity contribution in [3.05, 3.63) is 71.5 Å². The predicted octanol–water partition coefficient (Wildman–Crippen LogP) is 4.04. The summed E-state index contributed by atoms with van der Waals surface area (Å²) >= 11 is 1.37. The molecular formula is C23H29FN2O2S. The molecule has 29 heavy (non-hydrogen) atoms. The van der Waals surface area contributed by atoms with Gasteiger partial charge in [0.05, 0.1) is 5.75 Å². The van der Waals surface area contributed by atoms with Crippen LogP contribution in [0.2, 0.25) is 0 Å². The van der Waals surface area contributed by atoms with Crippen molar-refractivity contribution in [1.29, 1.82) is 0 Å². The van der Waals surface area contributed by atoms with E-state index in [9.17, 15) is 14.0 Å². The van der Waals surface area contributed by atoms with E-state index in [-0.39, 0.29) is 23.4 Å². The van der Waals surface area contributed by atoms with Gasteiger partial charge in [0.2, 0.25) is 11.8 Å². The SMILES string of the molecule is CCNC(=O)C(CC)N(CCc1ccccc1)C(=O)CSCc1ccccc1F. The summed E-state index contributed by atoms with van der Waals surface area (Å²) in [5.74, 6) is 0.139. The molecule has 1 unspecified atom stereocenters. The predicted molar refractivity (Wildman–Crippen MR) is 117 cm³/mol. The molecule has 2 aromatic rings. The van der Waals surface area contributed by atoms with Crippen molar-refractivity contribution in [1.82, 2.24) is 10.2 Å². The normalized spacial score (nSPS) is 11.7. The molecule has 0 fully saturated rings. The molecule has 0 bridgehead atoms. The fraction of sp³-hybridized carbons (Fsp3) is 0.391.